The van der Waals surface area contributed by atoms with E-state index >= 15 is 0 Å². The zero-order chi connectivity index (χ0) is 44.7. The number of methoxy groups -OCH3 is 2. The Kier molecular flexibility index (Phi) is 12.1. The minimum absolute atomic E-state index is 0.0721. The van der Waals surface area contributed by atoms with Gasteiger partial charge in [0.15, 0.2) is 23.0 Å². The average molecular weight is 898 g/mol. The molecule has 1 unspecified atom stereocenters. The molecule has 4 aromatic rings. The summed E-state index contributed by atoms with van der Waals surface area (Å²) in [6.45, 7) is 6.64. The van der Waals surface area contributed by atoms with Crippen molar-refractivity contribution in [1.29, 1.82) is 0 Å². The fourth-order valence-electron chi connectivity index (χ4n) is 9.18. The Morgan fingerprint density at radius 2 is 1.42 bits per heavy atom. The molecule has 3 amide bonds. The van der Waals surface area contributed by atoms with Crippen molar-refractivity contribution in [3.05, 3.63) is 118 Å². The van der Waals surface area contributed by atoms with E-state index in [0.29, 0.717) is 70.4 Å². The van der Waals surface area contributed by atoms with Crippen LogP contribution >= 0.6 is 21.6 Å². The van der Waals surface area contributed by atoms with E-state index in [9.17, 15) is 14.4 Å². The van der Waals surface area contributed by atoms with Crippen molar-refractivity contribution < 1.29 is 33.3 Å². The van der Waals surface area contributed by atoms with Crippen LogP contribution in [0.2, 0.25) is 0 Å². The molecule has 5 aliphatic rings. The van der Waals surface area contributed by atoms with Gasteiger partial charge in [0.05, 0.1) is 48.8 Å². The number of aliphatic imine (C=N–C) groups is 2. The second-order valence-electron chi connectivity index (χ2n) is 17.2. The van der Waals surface area contributed by atoms with Gasteiger partial charge in [0.2, 0.25) is 5.91 Å². The van der Waals surface area contributed by atoms with Crippen LogP contribution in [0.15, 0.2) is 100 Å². The third-order valence-electron chi connectivity index (χ3n) is 12.3. The average Bonchev–Trinajstić information content (AvgIpc) is 3.78. The summed E-state index contributed by atoms with van der Waals surface area (Å²) < 4.78 is 24.4. The number of fused-ring (bicyclic) bond motifs is 7. The van der Waals surface area contributed by atoms with Crippen molar-refractivity contribution >= 4 is 74.5 Å². The van der Waals surface area contributed by atoms with Crippen molar-refractivity contribution in [3.8, 4) is 23.0 Å². The molecule has 14 heteroatoms. The van der Waals surface area contributed by atoms with Crippen LogP contribution in [0, 0.1) is 5.92 Å². The van der Waals surface area contributed by atoms with Crippen molar-refractivity contribution in [2.75, 3.05) is 30.7 Å². The standard InChI is InChI=1S/C50H51N5O7S2/c1-29-10-9-12-33-20-36-26-52-40-24-45(43(60-5)22-38(40)49(58)55(36)47(29)33)62-28-31-16-30(17-34(18-31)53-46(56)14-15-50(2,3)64-63-6)27-61-44-23-39-37(21-42(44)59-4)48(57)54-35(25-51-39)19-32-11-7-8-13-41(32)54/h7-9,11-13,16-18,21-26,29,35-36H,10,14-15,19-20,27-28H2,1-6H3,(H,53,56)/t29?,35-,36-/m0/s1. The Morgan fingerprint density at radius 3 is 2.05 bits per heavy atom. The molecule has 0 aromatic heterocycles. The molecule has 0 fully saturated rings. The van der Waals surface area contributed by atoms with E-state index in [1.165, 1.54) is 5.57 Å². The highest BCUT2D eigenvalue weighted by atomic mass is 33.1. The summed E-state index contributed by atoms with van der Waals surface area (Å²) in [5, 5.41) is 3.11. The maximum absolute atomic E-state index is 14.2. The van der Waals surface area contributed by atoms with Crippen LogP contribution in [-0.4, -0.2) is 72.4 Å². The molecule has 330 valence electrons. The number of amides is 3. The Labute approximate surface area is 381 Å². The first-order chi connectivity index (χ1) is 30.9. The van der Waals surface area contributed by atoms with Gasteiger partial charge in [-0.05, 0) is 91.6 Å². The number of ether oxygens (including phenoxy) is 4. The molecule has 3 atom stereocenters. The Bertz CT molecular complexity index is 2670. The molecule has 1 N–H and O–H groups in total. The summed E-state index contributed by atoms with van der Waals surface area (Å²) in [7, 11) is 6.54. The van der Waals surface area contributed by atoms with Crippen molar-refractivity contribution in [1.82, 2.24) is 4.90 Å². The van der Waals surface area contributed by atoms with Gasteiger partial charge in [-0.15, -0.1) is 0 Å². The lowest BCUT2D eigenvalue weighted by Gasteiger charge is -2.29. The van der Waals surface area contributed by atoms with Crippen LogP contribution in [0.25, 0.3) is 0 Å². The minimum atomic E-state index is -0.190. The molecule has 0 bridgehead atoms. The molecule has 0 spiro atoms. The minimum Gasteiger partial charge on any atom is -0.493 e. The Balaban J connectivity index is 0.971. The molecule has 9 rings (SSSR count). The number of allylic oxidation sites excluding steroid dienone is 3. The third kappa shape index (κ3) is 8.52. The van der Waals surface area contributed by atoms with Crippen LogP contribution in [-0.2, 0) is 24.4 Å². The van der Waals surface area contributed by atoms with Crippen LogP contribution in [0.1, 0.15) is 83.9 Å². The number of nitrogens with one attached hydrogen (secondary N) is 1. The van der Waals surface area contributed by atoms with E-state index in [2.05, 4.69) is 38.2 Å². The summed E-state index contributed by atoms with van der Waals surface area (Å²) in [6, 6.07) is 20.2. The van der Waals surface area contributed by atoms with Gasteiger partial charge in [-0.2, -0.15) is 0 Å². The predicted molar refractivity (Wildman–Crippen MR) is 256 cm³/mol. The first-order valence-corrected chi connectivity index (χ1v) is 24.1. The summed E-state index contributed by atoms with van der Waals surface area (Å²) in [4.78, 5) is 54.8. The summed E-state index contributed by atoms with van der Waals surface area (Å²) >= 11 is 0. The van der Waals surface area contributed by atoms with Crippen molar-refractivity contribution in [3.63, 3.8) is 0 Å². The Morgan fingerprint density at radius 1 is 0.812 bits per heavy atom. The number of anilines is 2. The Hall–Kier alpha value is -5.99. The smallest absolute Gasteiger partial charge is 0.261 e. The van der Waals surface area contributed by atoms with Crippen LogP contribution < -0.4 is 29.2 Å². The number of nitrogens with zero attached hydrogens (tertiary/aromatic N) is 4. The third-order valence-corrected chi connectivity index (χ3v) is 14.9. The number of rotatable bonds is 14. The zero-order valence-corrected chi connectivity index (χ0v) is 38.4. The van der Waals surface area contributed by atoms with Gasteiger partial charge >= 0.3 is 0 Å². The van der Waals surface area contributed by atoms with E-state index in [1.54, 1.807) is 65.0 Å². The number of hydrogen-bond acceptors (Lipinski definition) is 11. The quantitative estimate of drug-likeness (QED) is 0.123. The molecule has 12 nitrogen and oxygen atoms in total. The zero-order valence-electron chi connectivity index (χ0n) is 36.8. The topological polar surface area (TPSA) is 131 Å². The molecule has 1 aliphatic carbocycles. The van der Waals surface area contributed by atoms with Crippen molar-refractivity contribution in [2.45, 2.75) is 82.9 Å². The van der Waals surface area contributed by atoms with Gasteiger partial charge in [-0.3, -0.25) is 29.3 Å². The predicted octanol–water partition coefficient (Wildman–Crippen LogP) is 10.4. The van der Waals surface area contributed by atoms with Gasteiger partial charge in [0.25, 0.3) is 11.8 Å². The van der Waals surface area contributed by atoms with Crippen molar-refractivity contribution in [2.24, 2.45) is 15.9 Å². The summed E-state index contributed by atoms with van der Waals surface area (Å²) in [6.07, 6.45) is 13.4. The molecule has 4 aromatic carbocycles. The summed E-state index contributed by atoms with van der Waals surface area (Å²) in [5.41, 5.74) is 8.25. The molecule has 0 saturated carbocycles. The molecular formula is C50H51N5O7S2. The number of benzene rings is 4. The van der Waals surface area contributed by atoms with Gasteiger partial charge < -0.3 is 29.2 Å². The van der Waals surface area contributed by atoms with E-state index < -0.39 is 0 Å². The molecule has 4 heterocycles. The second-order valence-corrected chi connectivity index (χ2v) is 20.3. The molecule has 4 aliphatic heterocycles. The summed E-state index contributed by atoms with van der Waals surface area (Å²) in [5.74, 6) is 1.53. The monoisotopic (exact) mass is 897 g/mol. The maximum Gasteiger partial charge on any atom is 0.261 e. The number of carbonyl (C=O) groups is 3. The number of carbonyl (C=O) groups excluding carboxylic acids is 3. The SMILES string of the molecule is COc1cc2c(cc1OCc1cc(COc3cc4c(cc3OC)C(=O)N3c5ccccc5C[C@H]3C=N4)cc(NC(=O)CCC(C)(C)SSC)c1)N=C[C@@H]1CC3=C(C(C)CC=C3)N1C2=O. The van der Waals surface area contributed by atoms with E-state index in [1.807, 2.05) is 66.0 Å². The van der Waals surface area contributed by atoms with Gasteiger partial charge in [0, 0.05) is 71.6 Å². The second kappa shape index (κ2) is 17.9. The normalized spacial score (nSPS) is 19.2. The van der Waals surface area contributed by atoms with Gasteiger partial charge in [0.1, 0.15) is 13.2 Å². The van der Waals surface area contributed by atoms with E-state index in [0.717, 1.165) is 40.9 Å². The highest BCUT2D eigenvalue weighted by Crippen LogP contribution is 2.45. The maximum atomic E-state index is 14.2. The molecule has 64 heavy (non-hydrogen) atoms. The number of hydrogen-bond donors (Lipinski definition) is 1. The first-order valence-electron chi connectivity index (χ1n) is 21.5. The number of para-hydroxylation sites is 1. The van der Waals surface area contributed by atoms with Crippen LogP contribution in [0.5, 0.6) is 23.0 Å². The molecule has 0 saturated heterocycles. The van der Waals surface area contributed by atoms with E-state index in [4.69, 9.17) is 28.9 Å². The largest absolute Gasteiger partial charge is 0.493 e. The molecule has 0 radical (unpaired) electrons. The van der Waals surface area contributed by atoms with Crippen LogP contribution in [0.4, 0.5) is 22.7 Å². The lowest BCUT2D eigenvalue weighted by molar-refractivity contribution is -0.116. The lowest BCUT2D eigenvalue weighted by atomic mass is 9.93. The van der Waals surface area contributed by atoms with E-state index in [-0.39, 0.29) is 53.7 Å². The van der Waals surface area contributed by atoms with Gasteiger partial charge in [-0.25, -0.2) is 0 Å². The first kappa shape index (κ1) is 43.3. The molecular weight excluding hydrogens is 847 g/mol. The fourth-order valence-corrected chi connectivity index (χ4v) is 11.4. The fraction of sp³-hybridized carbons (Fsp3) is 0.340. The van der Waals surface area contributed by atoms with Gasteiger partial charge in [-0.1, -0.05) is 58.9 Å². The highest BCUT2D eigenvalue weighted by Gasteiger charge is 2.41. The van der Waals surface area contributed by atoms with Crippen LogP contribution in [0.3, 0.4) is 0 Å². The lowest BCUT2D eigenvalue weighted by Crippen LogP contribution is -2.37. The highest BCUT2D eigenvalue weighted by molar-refractivity contribution is 8.76.